The summed E-state index contributed by atoms with van der Waals surface area (Å²) in [4.78, 5) is 20.4. The van der Waals surface area contributed by atoms with Crippen molar-refractivity contribution >= 4 is 32.7 Å². The third-order valence-electron chi connectivity index (χ3n) is 5.23. The summed E-state index contributed by atoms with van der Waals surface area (Å²) in [5.41, 5.74) is 7.58. The number of anilines is 3. The van der Waals surface area contributed by atoms with Crippen LogP contribution in [0.1, 0.15) is 11.7 Å². The molecule has 12 heteroatoms. The van der Waals surface area contributed by atoms with Crippen molar-refractivity contribution in [2.45, 2.75) is 30.7 Å². The number of hydrogen-bond acceptors (Lipinski definition) is 10. The van der Waals surface area contributed by atoms with Crippen LogP contribution in [-0.2, 0) is 13.8 Å². The van der Waals surface area contributed by atoms with Gasteiger partial charge < -0.3 is 0 Å². The fourth-order valence-electron chi connectivity index (χ4n) is 3.95. The average molecular weight is 405 g/mol. The first-order valence-electron chi connectivity index (χ1n) is 9.02. The van der Waals surface area contributed by atoms with Crippen LogP contribution in [0, 0.1) is 0 Å². The Morgan fingerprint density at radius 1 is 1.29 bits per heavy atom. The molecule has 0 bridgehead atoms. The summed E-state index contributed by atoms with van der Waals surface area (Å²) in [5, 5.41) is 14.3. The molecule has 1 aromatic carbocycles. The Bertz CT molecular complexity index is 893. The van der Waals surface area contributed by atoms with E-state index in [1.807, 2.05) is 35.2 Å². The van der Waals surface area contributed by atoms with Crippen molar-refractivity contribution in [1.29, 1.82) is 0 Å². The second-order valence-electron chi connectivity index (χ2n) is 7.17. The van der Waals surface area contributed by atoms with Crippen LogP contribution < -0.4 is 16.0 Å². The van der Waals surface area contributed by atoms with E-state index >= 15 is 0 Å². The number of aromatic nitrogens is 2. The minimum absolute atomic E-state index is 0.160. The molecule has 2 fully saturated rings. The van der Waals surface area contributed by atoms with Crippen LogP contribution in [0.2, 0.25) is 0 Å². The van der Waals surface area contributed by atoms with Crippen molar-refractivity contribution in [2.75, 3.05) is 22.6 Å². The zero-order valence-corrected chi connectivity index (χ0v) is 16.1. The molecule has 10 nitrogen and oxygen atoms in total. The van der Waals surface area contributed by atoms with E-state index in [2.05, 4.69) is 15.3 Å². The Kier molecular flexibility index (Phi) is 4.20. The number of fused-ring (bicyclic) bond motifs is 2. The second kappa shape index (κ2) is 6.52. The van der Waals surface area contributed by atoms with Crippen molar-refractivity contribution in [3.63, 3.8) is 0 Å². The minimum atomic E-state index is -3.27. The fourth-order valence-corrected chi connectivity index (χ4v) is 5.29. The molecule has 1 aromatic heterocycles. The van der Waals surface area contributed by atoms with Crippen LogP contribution >= 0.6 is 7.82 Å². The van der Waals surface area contributed by atoms with Gasteiger partial charge in [-0.2, -0.15) is 0 Å². The zero-order valence-electron chi connectivity index (χ0n) is 15.1. The van der Waals surface area contributed by atoms with Gasteiger partial charge in [-0.25, -0.2) is 0 Å². The first-order valence-corrected chi connectivity index (χ1v) is 11.3. The standard InChI is InChI=1S/C16H21BN5O5P/c17-28(24)25-6-9-12(27-28)11(23)16(26-9)22-14(8-4-2-1-3-5-8)21-10-13(18)19-7-20-15(10)22/h1-5,7,9,11-12,14,16,21,23-24,28H,6,17H2,(H2,18,19,20)/t9?,11?,12-,14?,16?/m1/s1. The molecule has 5 rings (SSSR count). The van der Waals surface area contributed by atoms with Gasteiger partial charge in [-0.3, -0.25) is 0 Å². The normalized spacial score (nSPS) is 34.4. The molecule has 0 amide bonds. The van der Waals surface area contributed by atoms with Gasteiger partial charge in [-0.05, 0) is 0 Å². The Morgan fingerprint density at radius 2 is 2.07 bits per heavy atom. The van der Waals surface area contributed by atoms with Gasteiger partial charge in [0.2, 0.25) is 0 Å². The molecule has 4 heterocycles. The van der Waals surface area contributed by atoms with Crippen LogP contribution in [0.3, 0.4) is 0 Å². The van der Waals surface area contributed by atoms with Crippen molar-refractivity contribution in [1.82, 2.24) is 9.97 Å². The van der Waals surface area contributed by atoms with E-state index in [1.165, 1.54) is 13.9 Å². The third kappa shape index (κ3) is 2.83. The van der Waals surface area contributed by atoms with E-state index in [4.69, 9.17) is 19.5 Å². The number of nitrogens with zero attached hydrogens (tertiary/aromatic N) is 3. The van der Waals surface area contributed by atoms with Gasteiger partial charge >= 0.3 is 162 Å². The number of benzene rings is 1. The molecule has 4 unspecified atom stereocenters. The second-order valence-corrected chi connectivity index (χ2v) is 9.49. The van der Waals surface area contributed by atoms with Gasteiger partial charge in [0.05, 0.1) is 0 Å². The topological polar surface area (TPSA) is 135 Å². The third-order valence-corrected chi connectivity index (χ3v) is 6.64. The summed E-state index contributed by atoms with van der Waals surface area (Å²) in [6.07, 6.45) is -1.94. The van der Waals surface area contributed by atoms with Gasteiger partial charge in [-0.1, -0.05) is 0 Å². The predicted octanol–water partition coefficient (Wildman–Crippen LogP) is -0.474. The van der Waals surface area contributed by atoms with Crippen molar-refractivity contribution < 1.29 is 23.8 Å². The molecule has 5 N–H and O–H groups in total. The average Bonchev–Trinajstić information content (AvgIpc) is 3.21. The van der Waals surface area contributed by atoms with Crippen LogP contribution in [0.4, 0.5) is 17.3 Å². The Balaban J connectivity index is 1.54. The molecule has 2 aromatic rings. The molecule has 0 radical (unpaired) electrons. The summed E-state index contributed by atoms with van der Waals surface area (Å²) >= 11 is 0. The predicted molar refractivity (Wildman–Crippen MR) is 106 cm³/mol. The molecule has 0 spiro atoms. The SMILES string of the molecule is B[PH]1(O)OCC2OC(N3c4ncnc(N)c4NC3c3ccccc3)C(O)[C@@H]2O1. The summed E-state index contributed by atoms with van der Waals surface area (Å²) in [5.74, 6) is 0.849. The number of aliphatic hydroxyl groups is 1. The van der Waals surface area contributed by atoms with Crippen LogP contribution in [0.25, 0.3) is 0 Å². The molecule has 0 aliphatic carbocycles. The van der Waals surface area contributed by atoms with Gasteiger partial charge in [0, 0.05) is 0 Å². The van der Waals surface area contributed by atoms with E-state index in [1.54, 1.807) is 0 Å². The van der Waals surface area contributed by atoms with Crippen molar-refractivity contribution in [3.05, 3.63) is 42.2 Å². The molecular formula is C16H21BN5O5P. The Morgan fingerprint density at radius 3 is 2.86 bits per heavy atom. The first-order chi connectivity index (χ1) is 13.4. The molecule has 3 aliphatic heterocycles. The number of aliphatic hydroxyl groups excluding tert-OH is 1. The molecule has 0 saturated carbocycles. The summed E-state index contributed by atoms with van der Waals surface area (Å²) in [6.45, 7) is 0.160. The van der Waals surface area contributed by atoms with Gasteiger partial charge in [-0.15, -0.1) is 0 Å². The van der Waals surface area contributed by atoms with Crippen LogP contribution in [0.5, 0.6) is 0 Å². The summed E-state index contributed by atoms with van der Waals surface area (Å²) in [6, 6.07) is 9.71. The van der Waals surface area contributed by atoms with E-state index in [0.717, 1.165) is 5.56 Å². The number of rotatable bonds is 2. The molecule has 28 heavy (non-hydrogen) atoms. The van der Waals surface area contributed by atoms with Gasteiger partial charge in [0.15, 0.2) is 0 Å². The van der Waals surface area contributed by atoms with Gasteiger partial charge in [0.25, 0.3) is 0 Å². The molecular weight excluding hydrogens is 384 g/mol. The number of nitrogens with one attached hydrogen (secondary N) is 1. The fraction of sp³-hybridized carbons (Fsp3) is 0.375. The number of nitrogens with two attached hydrogens (primary N) is 1. The number of hydrogen-bond donors (Lipinski definition) is 4. The quantitative estimate of drug-likeness (QED) is 0.384. The Labute approximate surface area is 162 Å². The molecule has 3 aliphatic rings. The number of ether oxygens (including phenoxy) is 1. The maximum absolute atomic E-state index is 11.0. The maximum atomic E-state index is 11.0. The molecule has 2 saturated heterocycles. The molecule has 5 atom stereocenters. The van der Waals surface area contributed by atoms with E-state index < -0.39 is 32.4 Å². The summed E-state index contributed by atoms with van der Waals surface area (Å²) in [7, 11) is -1.74. The van der Waals surface area contributed by atoms with Crippen LogP contribution in [-0.4, -0.2) is 58.7 Å². The number of nitrogen functional groups attached to an aromatic ring is 1. The molecule has 148 valence electrons. The summed E-state index contributed by atoms with van der Waals surface area (Å²) < 4.78 is 17.1. The first kappa shape index (κ1) is 18.1. The van der Waals surface area contributed by atoms with E-state index in [0.29, 0.717) is 17.3 Å². The Hall–Kier alpha value is -2.01. The van der Waals surface area contributed by atoms with Crippen LogP contribution in [0.15, 0.2) is 36.7 Å². The van der Waals surface area contributed by atoms with E-state index in [-0.39, 0.29) is 12.8 Å². The monoisotopic (exact) mass is 405 g/mol. The van der Waals surface area contributed by atoms with E-state index in [9.17, 15) is 10.00 Å². The van der Waals surface area contributed by atoms with Crippen molar-refractivity contribution in [3.8, 4) is 0 Å². The van der Waals surface area contributed by atoms with Gasteiger partial charge in [0.1, 0.15) is 0 Å². The zero-order chi connectivity index (χ0) is 19.5. The van der Waals surface area contributed by atoms with Crippen molar-refractivity contribution in [2.24, 2.45) is 0 Å².